The number of rotatable bonds is 6. The number of nitrogens with zero attached hydrogens (tertiary/aromatic N) is 1. The summed E-state index contributed by atoms with van der Waals surface area (Å²) < 4.78 is 30.8. The molecular formula is C13H14N2O5S. The van der Waals surface area contributed by atoms with Gasteiger partial charge >= 0.3 is 5.97 Å². The number of aryl methyl sites for hydroxylation is 1. The van der Waals surface area contributed by atoms with Gasteiger partial charge in [-0.15, -0.1) is 0 Å². The predicted molar refractivity (Wildman–Crippen MR) is 76.3 cm³/mol. The van der Waals surface area contributed by atoms with Crippen LogP contribution in [0.25, 0.3) is 11.3 Å². The van der Waals surface area contributed by atoms with E-state index in [-0.39, 0.29) is 0 Å². The summed E-state index contributed by atoms with van der Waals surface area (Å²) in [5.41, 5.74) is 1.82. The second-order valence-electron chi connectivity index (χ2n) is 4.39. The fourth-order valence-electron chi connectivity index (χ4n) is 1.66. The average molecular weight is 310 g/mol. The number of hydrogen-bond donors (Lipinski definition) is 2. The van der Waals surface area contributed by atoms with Crippen molar-refractivity contribution in [2.75, 3.05) is 10.5 Å². The Labute approximate surface area is 121 Å². The molecule has 0 aliphatic carbocycles. The fraction of sp³-hybridized carbons (Fsp3) is 0.231. The molecule has 0 fully saturated rings. The Kier molecular flexibility index (Phi) is 4.27. The lowest BCUT2D eigenvalue weighted by atomic mass is 10.1. The molecule has 0 bridgehead atoms. The van der Waals surface area contributed by atoms with Crippen LogP contribution in [0.15, 0.2) is 34.9 Å². The van der Waals surface area contributed by atoms with E-state index >= 15 is 0 Å². The van der Waals surface area contributed by atoms with Crippen molar-refractivity contribution < 1.29 is 22.7 Å². The summed E-state index contributed by atoms with van der Waals surface area (Å²) in [5.74, 6) is -1.08. The average Bonchev–Trinajstić information content (AvgIpc) is 2.84. The predicted octanol–water partition coefficient (Wildman–Crippen LogP) is 1.87. The van der Waals surface area contributed by atoms with Gasteiger partial charge in [-0.3, -0.25) is 9.52 Å². The van der Waals surface area contributed by atoms with E-state index in [9.17, 15) is 13.2 Å². The molecule has 21 heavy (non-hydrogen) atoms. The lowest BCUT2D eigenvalue weighted by Gasteiger charge is -2.07. The van der Waals surface area contributed by atoms with Crippen LogP contribution in [0, 0.1) is 6.92 Å². The van der Waals surface area contributed by atoms with Crippen molar-refractivity contribution in [1.82, 2.24) is 4.98 Å². The SMILES string of the molecule is Cc1nc(-c2ccc(NS(=O)(=O)CCC(=O)O)cc2)co1. The molecule has 112 valence electrons. The lowest BCUT2D eigenvalue weighted by molar-refractivity contribution is -0.136. The highest BCUT2D eigenvalue weighted by atomic mass is 32.2. The molecule has 0 aliphatic rings. The van der Waals surface area contributed by atoms with Gasteiger partial charge in [-0.05, 0) is 12.1 Å². The summed E-state index contributed by atoms with van der Waals surface area (Å²) in [5, 5.41) is 8.50. The molecule has 0 saturated heterocycles. The van der Waals surface area contributed by atoms with E-state index in [1.165, 1.54) is 6.26 Å². The van der Waals surface area contributed by atoms with Crippen LogP contribution in [0.1, 0.15) is 12.3 Å². The topological polar surface area (TPSA) is 110 Å². The van der Waals surface area contributed by atoms with Crippen LogP contribution in [0.5, 0.6) is 0 Å². The summed E-state index contributed by atoms with van der Waals surface area (Å²) in [6.07, 6.45) is 1.08. The molecule has 1 heterocycles. The van der Waals surface area contributed by atoms with E-state index in [1.54, 1.807) is 31.2 Å². The molecule has 8 heteroatoms. The van der Waals surface area contributed by atoms with Gasteiger partial charge < -0.3 is 9.52 Å². The standard InChI is InChI=1S/C13H14N2O5S/c1-9-14-12(8-20-9)10-2-4-11(5-3-10)15-21(18,19)7-6-13(16)17/h2-5,8,15H,6-7H2,1H3,(H,16,17). The first-order valence-electron chi connectivity index (χ1n) is 6.10. The van der Waals surface area contributed by atoms with Gasteiger partial charge in [-0.1, -0.05) is 12.1 Å². The smallest absolute Gasteiger partial charge is 0.304 e. The van der Waals surface area contributed by atoms with Gasteiger partial charge in [-0.2, -0.15) is 0 Å². The van der Waals surface area contributed by atoms with Gasteiger partial charge in [0.15, 0.2) is 5.89 Å². The molecule has 2 N–H and O–H groups in total. The Morgan fingerprint density at radius 2 is 2.00 bits per heavy atom. The van der Waals surface area contributed by atoms with Gasteiger partial charge in [-0.25, -0.2) is 13.4 Å². The van der Waals surface area contributed by atoms with Gasteiger partial charge in [0.2, 0.25) is 10.0 Å². The molecular weight excluding hydrogens is 296 g/mol. The second-order valence-corrected chi connectivity index (χ2v) is 6.24. The molecule has 0 spiro atoms. The number of oxazole rings is 1. The number of hydrogen-bond acceptors (Lipinski definition) is 5. The number of sulfonamides is 1. The molecule has 1 aromatic carbocycles. The summed E-state index contributed by atoms with van der Waals surface area (Å²) in [4.78, 5) is 14.6. The maximum atomic E-state index is 11.7. The first-order valence-corrected chi connectivity index (χ1v) is 7.76. The van der Waals surface area contributed by atoms with E-state index in [0.29, 0.717) is 17.3 Å². The Balaban J connectivity index is 2.07. The van der Waals surface area contributed by atoms with E-state index in [2.05, 4.69) is 9.71 Å². The summed E-state index contributed by atoms with van der Waals surface area (Å²) in [6.45, 7) is 1.73. The van der Waals surface area contributed by atoms with Crippen LogP contribution in [-0.4, -0.2) is 30.2 Å². The van der Waals surface area contributed by atoms with Crippen LogP contribution in [-0.2, 0) is 14.8 Å². The summed E-state index contributed by atoms with van der Waals surface area (Å²) >= 11 is 0. The minimum atomic E-state index is -3.67. The van der Waals surface area contributed by atoms with Gasteiger partial charge in [0, 0.05) is 18.2 Å². The van der Waals surface area contributed by atoms with Crippen LogP contribution in [0.2, 0.25) is 0 Å². The third-order valence-electron chi connectivity index (χ3n) is 2.66. The number of nitrogens with one attached hydrogen (secondary N) is 1. The maximum Gasteiger partial charge on any atom is 0.304 e. The van der Waals surface area contributed by atoms with Gasteiger partial charge in [0.25, 0.3) is 0 Å². The Morgan fingerprint density at radius 3 is 2.52 bits per heavy atom. The van der Waals surface area contributed by atoms with E-state index in [0.717, 1.165) is 5.56 Å². The summed E-state index contributed by atoms with van der Waals surface area (Å²) in [6, 6.07) is 6.56. The molecule has 2 rings (SSSR count). The van der Waals surface area contributed by atoms with Crippen molar-refractivity contribution >= 4 is 21.7 Å². The van der Waals surface area contributed by atoms with Crippen molar-refractivity contribution in [2.24, 2.45) is 0 Å². The normalized spacial score (nSPS) is 11.3. The number of benzene rings is 1. The quantitative estimate of drug-likeness (QED) is 0.843. The molecule has 7 nitrogen and oxygen atoms in total. The number of carbonyl (C=O) groups is 1. The molecule has 0 unspecified atom stereocenters. The Morgan fingerprint density at radius 1 is 1.33 bits per heavy atom. The molecule has 1 aromatic heterocycles. The zero-order valence-corrected chi connectivity index (χ0v) is 12.1. The molecule has 2 aromatic rings. The number of carboxylic acid groups (broad SMARTS) is 1. The van der Waals surface area contributed by atoms with Gasteiger partial charge in [0.05, 0.1) is 12.2 Å². The van der Waals surface area contributed by atoms with Crippen molar-refractivity contribution in [2.45, 2.75) is 13.3 Å². The lowest BCUT2D eigenvalue weighted by Crippen LogP contribution is -2.18. The third-order valence-corrected chi connectivity index (χ3v) is 3.95. The first-order chi connectivity index (χ1) is 9.85. The van der Waals surface area contributed by atoms with Crippen LogP contribution >= 0.6 is 0 Å². The first kappa shape index (κ1) is 15.0. The highest BCUT2D eigenvalue weighted by Crippen LogP contribution is 2.21. The summed E-state index contributed by atoms with van der Waals surface area (Å²) in [7, 11) is -3.67. The van der Waals surface area contributed by atoms with Crippen molar-refractivity contribution in [3.8, 4) is 11.3 Å². The largest absolute Gasteiger partial charge is 0.481 e. The number of anilines is 1. The Hall–Kier alpha value is -2.35. The number of aliphatic carboxylic acids is 1. The Bertz CT molecular complexity index is 734. The highest BCUT2D eigenvalue weighted by Gasteiger charge is 2.13. The van der Waals surface area contributed by atoms with E-state index in [4.69, 9.17) is 9.52 Å². The number of carboxylic acids is 1. The third kappa shape index (κ3) is 4.32. The zero-order chi connectivity index (χ0) is 15.5. The van der Waals surface area contributed by atoms with Crippen molar-refractivity contribution in [3.63, 3.8) is 0 Å². The van der Waals surface area contributed by atoms with Crippen LogP contribution < -0.4 is 4.72 Å². The molecule has 0 aliphatic heterocycles. The van der Waals surface area contributed by atoms with E-state index in [1.807, 2.05) is 0 Å². The minimum absolute atomic E-state index is 0.365. The maximum absolute atomic E-state index is 11.7. The molecule has 0 amide bonds. The molecule has 0 atom stereocenters. The highest BCUT2D eigenvalue weighted by molar-refractivity contribution is 7.92. The zero-order valence-electron chi connectivity index (χ0n) is 11.2. The van der Waals surface area contributed by atoms with Gasteiger partial charge in [0.1, 0.15) is 12.0 Å². The second kappa shape index (κ2) is 5.96. The van der Waals surface area contributed by atoms with Crippen LogP contribution in [0.4, 0.5) is 5.69 Å². The van der Waals surface area contributed by atoms with Crippen molar-refractivity contribution in [3.05, 3.63) is 36.4 Å². The van der Waals surface area contributed by atoms with Crippen molar-refractivity contribution in [1.29, 1.82) is 0 Å². The fourth-order valence-corrected chi connectivity index (χ4v) is 2.70. The van der Waals surface area contributed by atoms with E-state index < -0.39 is 28.2 Å². The monoisotopic (exact) mass is 310 g/mol. The molecule has 0 saturated carbocycles. The number of aromatic nitrogens is 1. The van der Waals surface area contributed by atoms with Crippen LogP contribution in [0.3, 0.4) is 0 Å². The minimum Gasteiger partial charge on any atom is -0.481 e. The molecule has 0 radical (unpaired) electrons.